The van der Waals surface area contributed by atoms with E-state index in [2.05, 4.69) is 15.5 Å². The molecule has 8 heteroatoms. The van der Waals surface area contributed by atoms with Crippen molar-refractivity contribution < 1.29 is 9.53 Å². The fourth-order valence-electron chi connectivity index (χ4n) is 2.31. The number of aryl methyl sites for hydroxylation is 1. The van der Waals surface area contributed by atoms with E-state index >= 15 is 0 Å². The Kier molecular flexibility index (Phi) is 6.36. The molecule has 0 fully saturated rings. The number of thioether (sulfide) groups is 1. The van der Waals surface area contributed by atoms with E-state index < -0.39 is 0 Å². The molecule has 0 spiro atoms. The van der Waals surface area contributed by atoms with Gasteiger partial charge in [-0.1, -0.05) is 47.6 Å². The van der Waals surface area contributed by atoms with Crippen molar-refractivity contribution in [2.24, 2.45) is 7.05 Å². The molecule has 1 aromatic heterocycles. The van der Waals surface area contributed by atoms with Crippen LogP contribution in [-0.4, -0.2) is 26.4 Å². The molecule has 1 heterocycles. The lowest BCUT2D eigenvalue weighted by Gasteiger charge is -2.09. The molecule has 0 aliphatic carbocycles. The molecule has 0 unspecified atom stereocenters. The summed E-state index contributed by atoms with van der Waals surface area (Å²) in [6.07, 6.45) is 0. The third-order valence-electron chi connectivity index (χ3n) is 3.76. The number of nitrogens with one attached hydrogen (secondary N) is 1. The Balaban J connectivity index is 1.55. The second-order valence-electron chi connectivity index (χ2n) is 5.88. The van der Waals surface area contributed by atoms with Gasteiger partial charge in [-0.3, -0.25) is 4.79 Å². The number of halogens is 1. The Morgan fingerprint density at radius 2 is 2.00 bits per heavy atom. The van der Waals surface area contributed by atoms with Crippen LogP contribution in [0.2, 0.25) is 5.02 Å². The molecule has 0 bridgehead atoms. The van der Waals surface area contributed by atoms with Crippen LogP contribution < -0.4 is 10.1 Å². The topological polar surface area (TPSA) is 69.0 Å². The van der Waals surface area contributed by atoms with Crippen molar-refractivity contribution in [1.29, 1.82) is 0 Å². The van der Waals surface area contributed by atoms with Gasteiger partial charge in [0.1, 0.15) is 12.4 Å². The highest BCUT2D eigenvalue weighted by Gasteiger charge is 2.13. The van der Waals surface area contributed by atoms with Gasteiger partial charge < -0.3 is 14.6 Å². The fourth-order valence-corrected chi connectivity index (χ4v) is 3.21. The molecule has 2 aromatic carbocycles. The van der Waals surface area contributed by atoms with Crippen LogP contribution in [0, 0.1) is 6.92 Å². The summed E-state index contributed by atoms with van der Waals surface area (Å²) >= 11 is 7.46. The standard InChI is InChI=1S/C19H19ClN4O2S/c1-13-8-9-15(20)16(10-13)26-11-17-22-23-19(24(17)2)27-12-18(25)21-14-6-4-3-5-7-14/h3-10H,11-12H2,1-2H3,(H,21,25). The molecule has 27 heavy (non-hydrogen) atoms. The van der Waals surface area contributed by atoms with E-state index in [0.29, 0.717) is 21.8 Å². The van der Waals surface area contributed by atoms with Gasteiger partial charge in [0.15, 0.2) is 11.0 Å². The first-order valence-electron chi connectivity index (χ1n) is 8.28. The maximum atomic E-state index is 12.1. The number of benzene rings is 2. The second kappa shape index (κ2) is 8.92. The van der Waals surface area contributed by atoms with Gasteiger partial charge in [0.2, 0.25) is 5.91 Å². The molecule has 0 saturated carbocycles. The molecule has 3 aromatic rings. The fraction of sp³-hybridized carbons (Fsp3) is 0.211. The van der Waals surface area contributed by atoms with Crippen LogP contribution in [-0.2, 0) is 18.4 Å². The van der Waals surface area contributed by atoms with E-state index in [1.165, 1.54) is 11.8 Å². The maximum Gasteiger partial charge on any atom is 0.234 e. The Labute approximate surface area is 166 Å². The monoisotopic (exact) mass is 402 g/mol. The van der Waals surface area contributed by atoms with Crippen LogP contribution in [0.3, 0.4) is 0 Å². The minimum atomic E-state index is -0.0986. The second-order valence-corrected chi connectivity index (χ2v) is 7.23. The molecule has 140 valence electrons. The van der Waals surface area contributed by atoms with Gasteiger partial charge in [-0.05, 0) is 36.8 Å². The number of aromatic nitrogens is 3. The Morgan fingerprint density at radius 1 is 1.22 bits per heavy atom. The third kappa shape index (κ3) is 5.24. The highest BCUT2D eigenvalue weighted by molar-refractivity contribution is 7.99. The van der Waals surface area contributed by atoms with E-state index in [-0.39, 0.29) is 18.3 Å². The number of nitrogens with zero attached hydrogens (tertiary/aromatic N) is 3. The van der Waals surface area contributed by atoms with E-state index in [1.807, 2.05) is 61.0 Å². The largest absolute Gasteiger partial charge is 0.484 e. The summed E-state index contributed by atoms with van der Waals surface area (Å²) in [5.74, 6) is 1.40. The normalized spacial score (nSPS) is 10.6. The first-order valence-corrected chi connectivity index (χ1v) is 9.64. The Hall–Kier alpha value is -2.51. The van der Waals surface area contributed by atoms with Gasteiger partial charge in [-0.15, -0.1) is 10.2 Å². The number of anilines is 1. The summed E-state index contributed by atoms with van der Waals surface area (Å²) < 4.78 is 7.57. The molecular formula is C19H19ClN4O2S. The molecule has 0 aliphatic rings. The van der Waals surface area contributed by atoms with Gasteiger partial charge in [0.05, 0.1) is 10.8 Å². The zero-order valence-electron chi connectivity index (χ0n) is 15.0. The van der Waals surface area contributed by atoms with Crippen molar-refractivity contribution in [3.05, 3.63) is 64.9 Å². The Bertz CT molecular complexity index is 931. The SMILES string of the molecule is Cc1ccc(Cl)c(OCc2nnc(SCC(=O)Nc3ccccc3)n2C)c1. The molecule has 0 radical (unpaired) electrons. The van der Waals surface area contributed by atoms with Crippen LogP contribution in [0.25, 0.3) is 0 Å². The van der Waals surface area contributed by atoms with Crippen molar-refractivity contribution in [2.45, 2.75) is 18.7 Å². The van der Waals surface area contributed by atoms with Crippen molar-refractivity contribution in [3.8, 4) is 5.75 Å². The van der Waals surface area contributed by atoms with Crippen LogP contribution in [0.5, 0.6) is 5.75 Å². The number of ether oxygens (including phenoxy) is 1. The number of para-hydroxylation sites is 1. The smallest absolute Gasteiger partial charge is 0.234 e. The zero-order chi connectivity index (χ0) is 19.2. The number of amides is 1. The zero-order valence-corrected chi connectivity index (χ0v) is 16.5. The molecular weight excluding hydrogens is 384 g/mol. The van der Waals surface area contributed by atoms with E-state index in [1.54, 1.807) is 6.07 Å². The van der Waals surface area contributed by atoms with Crippen molar-refractivity contribution in [2.75, 3.05) is 11.1 Å². The van der Waals surface area contributed by atoms with Crippen LogP contribution in [0.1, 0.15) is 11.4 Å². The number of carbonyl (C=O) groups excluding carboxylic acids is 1. The third-order valence-corrected chi connectivity index (χ3v) is 5.09. The summed E-state index contributed by atoms with van der Waals surface area (Å²) in [5.41, 5.74) is 1.83. The lowest BCUT2D eigenvalue weighted by atomic mass is 10.2. The van der Waals surface area contributed by atoms with Gasteiger partial charge >= 0.3 is 0 Å². The summed E-state index contributed by atoms with van der Waals surface area (Å²) in [6.45, 7) is 2.21. The molecule has 1 N–H and O–H groups in total. The van der Waals surface area contributed by atoms with Gasteiger partial charge in [0, 0.05) is 12.7 Å². The van der Waals surface area contributed by atoms with E-state index in [9.17, 15) is 4.79 Å². The van der Waals surface area contributed by atoms with Gasteiger partial charge in [-0.2, -0.15) is 0 Å². The Morgan fingerprint density at radius 3 is 2.78 bits per heavy atom. The highest BCUT2D eigenvalue weighted by Crippen LogP contribution is 2.26. The quantitative estimate of drug-likeness (QED) is 0.603. The first kappa shape index (κ1) is 19.3. The average Bonchev–Trinajstić information content (AvgIpc) is 3.01. The van der Waals surface area contributed by atoms with Gasteiger partial charge in [-0.25, -0.2) is 0 Å². The average molecular weight is 403 g/mol. The van der Waals surface area contributed by atoms with Gasteiger partial charge in [0.25, 0.3) is 0 Å². The van der Waals surface area contributed by atoms with Crippen LogP contribution >= 0.6 is 23.4 Å². The first-order chi connectivity index (χ1) is 13.0. The number of hydrogen-bond donors (Lipinski definition) is 1. The minimum Gasteiger partial charge on any atom is -0.484 e. The predicted molar refractivity (Wildman–Crippen MR) is 107 cm³/mol. The molecule has 0 aliphatic heterocycles. The summed E-state index contributed by atoms with van der Waals surface area (Å²) in [5, 5.41) is 12.3. The number of hydrogen-bond acceptors (Lipinski definition) is 5. The summed E-state index contributed by atoms with van der Waals surface area (Å²) in [6, 6.07) is 14.9. The lowest BCUT2D eigenvalue weighted by molar-refractivity contribution is -0.113. The van der Waals surface area contributed by atoms with E-state index in [4.69, 9.17) is 16.3 Å². The van der Waals surface area contributed by atoms with Crippen LogP contribution in [0.4, 0.5) is 5.69 Å². The molecule has 1 amide bonds. The molecule has 0 saturated heterocycles. The minimum absolute atomic E-state index is 0.0986. The molecule has 6 nitrogen and oxygen atoms in total. The number of rotatable bonds is 7. The van der Waals surface area contributed by atoms with Crippen molar-refractivity contribution in [1.82, 2.24) is 14.8 Å². The summed E-state index contributed by atoms with van der Waals surface area (Å²) in [7, 11) is 1.84. The molecule has 3 rings (SSSR count). The van der Waals surface area contributed by atoms with Crippen molar-refractivity contribution in [3.63, 3.8) is 0 Å². The lowest BCUT2D eigenvalue weighted by Crippen LogP contribution is -2.14. The number of carbonyl (C=O) groups is 1. The summed E-state index contributed by atoms with van der Waals surface area (Å²) in [4.78, 5) is 12.1. The predicted octanol–water partition coefficient (Wildman–Crippen LogP) is 4.09. The highest BCUT2D eigenvalue weighted by atomic mass is 35.5. The maximum absolute atomic E-state index is 12.1. The van der Waals surface area contributed by atoms with Crippen molar-refractivity contribution >= 4 is 35.0 Å². The van der Waals surface area contributed by atoms with E-state index in [0.717, 1.165) is 11.3 Å². The van der Waals surface area contributed by atoms with Crippen LogP contribution in [0.15, 0.2) is 53.7 Å². The molecule has 0 atom stereocenters.